The summed E-state index contributed by atoms with van der Waals surface area (Å²) in [7, 11) is 2.20. The van der Waals surface area contributed by atoms with Crippen molar-refractivity contribution >= 4 is 0 Å². The van der Waals surface area contributed by atoms with Crippen LogP contribution >= 0.6 is 0 Å². The van der Waals surface area contributed by atoms with Crippen molar-refractivity contribution in [1.82, 2.24) is 9.80 Å². The van der Waals surface area contributed by atoms with Gasteiger partial charge < -0.3 is 4.90 Å². The van der Waals surface area contributed by atoms with Gasteiger partial charge in [-0.15, -0.1) is 0 Å². The predicted molar refractivity (Wildman–Crippen MR) is 65.0 cm³/mol. The average Bonchev–Trinajstić information content (AvgIpc) is 2.32. The van der Waals surface area contributed by atoms with Crippen LogP contribution in [0.15, 0.2) is 0 Å². The smallest absolute Gasteiger partial charge is 0.0672 e. The van der Waals surface area contributed by atoms with Crippen LogP contribution in [-0.4, -0.2) is 48.6 Å². The summed E-state index contributed by atoms with van der Waals surface area (Å²) in [6.07, 6.45) is 4.90. The van der Waals surface area contributed by atoms with Crippen molar-refractivity contribution < 1.29 is 0 Å². The van der Waals surface area contributed by atoms with Crippen molar-refractivity contribution in [2.24, 2.45) is 5.92 Å². The maximum Gasteiger partial charge on any atom is 0.0672 e. The zero-order valence-corrected chi connectivity index (χ0v) is 10.5. The van der Waals surface area contributed by atoms with Gasteiger partial charge in [-0.1, -0.05) is 12.8 Å². The van der Waals surface area contributed by atoms with E-state index in [2.05, 4.69) is 29.8 Å². The normalized spacial score (nSPS) is 38.2. The molecule has 2 aliphatic rings. The molecular weight excluding hydrogens is 198 g/mol. The van der Waals surface area contributed by atoms with Gasteiger partial charge in [-0.3, -0.25) is 4.90 Å². The van der Waals surface area contributed by atoms with Crippen LogP contribution in [0.3, 0.4) is 0 Å². The van der Waals surface area contributed by atoms with Gasteiger partial charge in [0.05, 0.1) is 12.0 Å². The average molecular weight is 221 g/mol. The van der Waals surface area contributed by atoms with E-state index in [0.717, 1.165) is 26.1 Å². The first kappa shape index (κ1) is 11.9. The molecule has 2 fully saturated rings. The Morgan fingerprint density at radius 1 is 1.19 bits per heavy atom. The van der Waals surface area contributed by atoms with Gasteiger partial charge in [0.1, 0.15) is 0 Å². The summed E-state index contributed by atoms with van der Waals surface area (Å²) >= 11 is 0. The highest BCUT2D eigenvalue weighted by Gasteiger charge is 2.33. The minimum absolute atomic E-state index is 0.282. The molecule has 0 aromatic rings. The Morgan fingerprint density at radius 2 is 1.94 bits per heavy atom. The molecule has 1 aliphatic heterocycles. The summed E-state index contributed by atoms with van der Waals surface area (Å²) in [5, 5.41) is 9.22. The molecule has 0 bridgehead atoms. The van der Waals surface area contributed by atoms with E-state index in [1.54, 1.807) is 0 Å². The first-order valence-electron chi connectivity index (χ1n) is 6.56. The number of hydrogen-bond acceptors (Lipinski definition) is 3. The van der Waals surface area contributed by atoms with Crippen molar-refractivity contribution in [3.05, 3.63) is 0 Å². The molecule has 0 amide bonds. The van der Waals surface area contributed by atoms with E-state index < -0.39 is 0 Å². The Bertz CT molecular complexity index is 271. The van der Waals surface area contributed by atoms with Crippen molar-refractivity contribution in [1.29, 1.82) is 5.26 Å². The Hall–Kier alpha value is -0.590. The molecule has 1 saturated heterocycles. The molecule has 0 spiro atoms. The number of piperazine rings is 1. The van der Waals surface area contributed by atoms with E-state index in [-0.39, 0.29) is 5.92 Å². The van der Waals surface area contributed by atoms with Gasteiger partial charge in [-0.2, -0.15) is 5.26 Å². The second-order valence-electron chi connectivity index (χ2n) is 5.41. The molecule has 3 heteroatoms. The number of nitrogens with zero attached hydrogens (tertiary/aromatic N) is 3. The second kappa shape index (κ2) is 5.16. The fraction of sp³-hybridized carbons (Fsp3) is 0.923. The highest BCUT2D eigenvalue weighted by molar-refractivity contribution is 4.97. The van der Waals surface area contributed by atoms with E-state index in [9.17, 15) is 5.26 Å². The molecule has 0 radical (unpaired) electrons. The maximum absolute atomic E-state index is 9.22. The molecule has 1 saturated carbocycles. The van der Waals surface area contributed by atoms with Crippen LogP contribution in [0, 0.1) is 17.2 Å². The zero-order chi connectivity index (χ0) is 11.5. The van der Waals surface area contributed by atoms with E-state index in [0.29, 0.717) is 12.1 Å². The van der Waals surface area contributed by atoms with Crippen LogP contribution in [0.4, 0.5) is 0 Å². The number of likely N-dealkylation sites (N-methyl/N-ethyl adjacent to an activating group) is 1. The molecule has 1 aliphatic carbocycles. The number of nitriles is 1. The van der Waals surface area contributed by atoms with E-state index in [1.165, 1.54) is 19.3 Å². The SMILES string of the molecule is CC1CN(C2CCCCC2C#N)CCN1C. The fourth-order valence-corrected chi connectivity index (χ4v) is 3.08. The third kappa shape index (κ3) is 2.39. The molecule has 3 atom stereocenters. The van der Waals surface area contributed by atoms with Gasteiger partial charge in [0.2, 0.25) is 0 Å². The molecule has 1 heterocycles. The highest BCUT2D eigenvalue weighted by atomic mass is 15.3. The summed E-state index contributed by atoms with van der Waals surface area (Å²) in [6, 6.07) is 3.69. The van der Waals surface area contributed by atoms with Gasteiger partial charge in [0, 0.05) is 31.7 Å². The predicted octanol–water partition coefficient (Wildman–Crippen LogP) is 1.70. The van der Waals surface area contributed by atoms with Crippen molar-refractivity contribution in [2.75, 3.05) is 26.7 Å². The van der Waals surface area contributed by atoms with Gasteiger partial charge >= 0.3 is 0 Å². The monoisotopic (exact) mass is 221 g/mol. The standard InChI is InChI=1S/C13H23N3/c1-11-10-16(8-7-15(11)2)13-6-4-3-5-12(13)9-14/h11-13H,3-8,10H2,1-2H3. The van der Waals surface area contributed by atoms with Crippen LogP contribution in [-0.2, 0) is 0 Å². The van der Waals surface area contributed by atoms with E-state index in [1.807, 2.05) is 0 Å². The molecule has 3 unspecified atom stereocenters. The van der Waals surface area contributed by atoms with Crippen LogP contribution < -0.4 is 0 Å². The highest BCUT2D eigenvalue weighted by Crippen LogP contribution is 2.29. The Kier molecular flexibility index (Phi) is 3.83. The third-order valence-electron chi connectivity index (χ3n) is 4.36. The first-order chi connectivity index (χ1) is 7.72. The number of rotatable bonds is 1. The minimum Gasteiger partial charge on any atom is -0.301 e. The Labute approximate surface area is 99.0 Å². The zero-order valence-electron chi connectivity index (χ0n) is 10.5. The molecule has 0 N–H and O–H groups in total. The molecule has 0 aromatic heterocycles. The lowest BCUT2D eigenvalue weighted by Gasteiger charge is -2.44. The van der Waals surface area contributed by atoms with E-state index >= 15 is 0 Å². The molecular formula is C13H23N3. The molecule has 0 aromatic carbocycles. The lowest BCUT2D eigenvalue weighted by molar-refractivity contribution is 0.0439. The second-order valence-corrected chi connectivity index (χ2v) is 5.41. The van der Waals surface area contributed by atoms with Crippen LogP contribution in [0.2, 0.25) is 0 Å². The summed E-state index contributed by atoms with van der Waals surface area (Å²) in [5.41, 5.74) is 0. The van der Waals surface area contributed by atoms with Gasteiger partial charge in [0.25, 0.3) is 0 Å². The minimum atomic E-state index is 0.282. The summed E-state index contributed by atoms with van der Waals surface area (Å²) < 4.78 is 0. The van der Waals surface area contributed by atoms with Crippen molar-refractivity contribution in [3.8, 4) is 6.07 Å². The Morgan fingerprint density at radius 3 is 2.62 bits per heavy atom. The van der Waals surface area contributed by atoms with Gasteiger partial charge in [-0.25, -0.2) is 0 Å². The number of hydrogen-bond donors (Lipinski definition) is 0. The van der Waals surface area contributed by atoms with Gasteiger partial charge in [-0.05, 0) is 26.8 Å². The summed E-state index contributed by atoms with van der Waals surface area (Å²) in [4.78, 5) is 4.98. The Balaban J connectivity index is 1.98. The topological polar surface area (TPSA) is 30.3 Å². The quantitative estimate of drug-likeness (QED) is 0.675. The van der Waals surface area contributed by atoms with Gasteiger partial charge in [0.15, 0.2) is 0 Å². The van der Waals surface area contributed by atoms with Crippen molar-refractivity contribution in [3.63, 3.8) is 0 Å². The molecule has 16 heavy (non-hydrogen) atoms. The van der Waals surface area contributed by atoms with Crippen LogP contribution in [0.1, 0.15) is 32.6 Å². The van der Waals surface area contributed by atoms with Crippen LogP contribution in [0.5, 0.6) is 0 Å². The molecule has 2 rings (SSSR count). The summed E-state index contributed by atoms with van der Waals surface area (Å²) in [6.45, 7) is 5.72. The molecule has 90 valence electrons. The molecule has 3 nitrogen and oxygen atoms in total. The van der Waals surface area contributed by atoms with Crippen LogP contribution in [0.25, 0.3) is 0 Å². The fourth-order valence-electron chi connectivity index (χ4n) is 3.08. The third-order valence-corrected chi connectivity index (χ3v) is 4.36. The van der Waals surface area contributed by atoms with Crippen molar-refractivity contribution in [2.45, 2.75) is 44.7 Å². The lowest BCUT2D eigenvalue weighted by atomic mass is 9.84. The maximum atomic E-state index is 9.22. The summed E-state index contributed by atoms with van der Waals surface area (Å²) in [5.74, 6) is 0.282. The van der Waals surface area contributed by atoms with E-state index in [4.69, 9.17) is 0 Å². The first-order valence-corrected chi connectivity index (χ1v) is 6.56. The largest absolute Gasteiger partial charge is 0.301 e. The lowest BCUT2D eigenvalue weighted by Crippen LogP contribution is -2.55.